The van der Waals surface area contributed by atoms with E-state index in [0.717, 1.165) is 56.2 Å². The number of aryl methyl sites for hydroxylation is 2. The summed E-state index contributed by atoms with van der Waals surface area (Å²) < 4.78 is 10.8. The molecule has 1 aliphatic heterocycles. The number of nitrogens with one attached hydrogen (secondary N) is 2. The van der Waals surface area contributed by atoms with Crippen LogP contribution >= 0.6 is 0 Å². The van der Waals surface area contributed by atoms with Gasteiger partial charge in [-0.15, -0.1) is 0 Å². The van der Waals surface area contributed by atoms with Crippen LogP contribution < -0.4 is 5.32 Å². The zero-order valence-electron chi connectivity index (χ0n) is 22.9. The molecular formula is C32H32N4O4. The second-order valence-corrected chi connectivity index (χ2v) is 10.3. The van der Waals surface area contributed by atoms with E-state index in [9.17, 15) is 9.59 Å². The van der Waals surface area contributed by atoms with E-state index in [0.29, 0.717) is 37.6 Å². The monoisotopic (exact) mass is 536 g/mol. The molecule has 2 N–H and O–H groups in total. The van der Waals surface area contributed by atoms with Gasteiger partial charge in [0.2, 0.25) is 0 Å². The largest absolute Gasteiger partial charge is 0.449 e. The van der Waals surface area contributed by atoms with Crippen LogP contribution in [0.25, 0.3) is 32.9 Å². The van der Waals surface area contributed by atoms with Crippen LogP contribution in [0.2, 0.25) is 0 Å². The van der Waals surface area contributed by atoms with Crippen LogP contribution in [0, 0.1) is 13.8 Å². The second kappa shape index (κ2) is 10.5. The molecule has 0 saturated carbocycles. The van der Waals surface area contributed by atoms with Gasteiger partial charge in [-0.05, 0) is 68.1 Å². The molecule has 8 heteroatoms. The van der Waals surface area contributed by atoms with Gasteiger partial charge >= 0.3 is 6.09 Å². The number of amides is 2. The lowest BCUT2D eigenvalue weighted by molar-refractivity contribution is 0.0717. The van der Waals surface area contributed by atoms with Crippen LogP contribution in [0.15, 0.2) is 65.2 Å². The summed E-state index contributed by atoms with van der Waals surface area (Å²) >= 11 is 0. The topological polar surface area (TPSA) is 100 Å². The molecule has 0 bridgehead atoms. The molecule has 0 aliphatic carbocycles. The minimum absolute atomic E-state index is 0.0595. The molecule has 0 spiro atoms. The lowest BCUT2D eigenvalue weighted by atomic mass is 9.89. The summed E-state index contributed by atoms with van der Waals surface area (Å²) in [6.45, 7) is 7.86. The van der Waals surface area contributed by atoms with Crippen molar-refractivity contribution in [1.82, 2.24) is 20.4 Å². The van der Waals surface area contributed by atoms with Crippen molar-refractivity contribution in [2.24, 2.45) is 0 Å². The Labute approximate surface area is 232 Å². The van der Waals surface area contributed by atoms with Crippen LogP contribution in [-0.2, 0) is 4.74 Å². The molecule has 40 heavy (non-hydrogen) atoms. The Morgan fingerprint density at radius 1 is 1.07 bits per heavy atom. The van der Waals surface area contributed by atoms with Gasteiger partial charge in [0, 0.05) is 58.5 Å². The van der Waals surface area contributed by atoms with E-state index in [4.69, 9.17) is 9.26 Å². The number of fused-ring (bicyclic) bond motifs is 3. The van der Waals surface area contributed by atoms with Crippen molar-refractivity contribution in [1.29, 1.82) is 0 Å². The molecule has 2 amide bonds. The highest BCUT2D eigenvalue weighted by atomic mass is 16.6. The van der Waals surface area contributed by atoms with E-state index in [2.05, 4.69) is 51.9 Å². The van der Waals surface area contributed by atoms with E-state index < -0.39 is 0 Å². The Hall–Kier alpha value is -4.59. The molecule has 1 saturated heterocycles. The number of H-pyrrole nitrogens is 1. The average Bonchev–Trinajstić information content (AvgIpc) is 3.50. The standard InChI is InChI=1S/C32H32N4O4/c1-4-33-31(37)25-16-23(29-19(2)35-40-20(29)3)17-28-30(25)24-15-22(11-12-27(24)34-28)26(21-9-6-5-7-10-21)18-36-13-8-14-39-32(36)38/h5-7,9-12,15-17,26,34H,4,8,13-14,18H2,1-3H3,(H,33,37). The molecule has 204 valence electrons. The third-order valence-electron chi connectivity index (χ3n) is 7.69. The number of cyclic esters (lactones) is 1. The van der Waals surface area contributed by atoms with Crippen LogP contribution in [0.3, 0.4) is 0 Å². The predicted molar refractivity (Wildman–Crippen MR) is 155 cm³/mol. The number of carbonyl (C=O) groups excluding carboxylic acids is 2. The lowest BCUT2D eigenvalue weighted by Gasteiger charge is -2.30. The van der Waals surface area contributed by atoms with Gasteiger partial charge in [0.15, 0.2) is 0 Å². The van der Waals surface area contributed by atoms with Gasteiger partial charge in [0.25, 0.3) is 5.91 Å². The van der Waals surface area contributed by atoms with Gasteiger partial charge in [-0.1, -0.05) is 41.6 Å². The van der Waals surface area contributed by atoms with Gasteiger partial charge < -0.3 is 24.5 Å². The first-order valence-electron chi connectivity index (χ1n) is 13.7. The number of hydrogen-bond acceptors (Lipinski definition) is 5. The number of ether oxygens (including phenoxy) is 1. The minimum atomic E-state index is -0.272. The SMILES string of the molecule is CCNC(=O)c1cc(-c2c(C)noc2C)cc2[nH]c3ccc(C(CN4CCCOC4=O)c4ccccc4)cc3c12. The summed E-state index contributed by atoms with van der Waals surface area (Å²) in [6.07, 6.45) is 0.545. The fraction of sp³-hybridized carbons (Fsp3) is 0.281. The number of aromatic nitrogens is 2. The molecule has 1 atom stereocenters. The Bertz CT molecular complexity index is 1700. The Balaban J connectivity index is 1.53. The van der Waals surface area contributed by atoms with Gasteiger partial charge in [-0.2, -0.15) is 0 Å². The maximum absolute atomic E-state index is 13.4. The molecule has 5 aromatic rings. The molecule has 1 fully saturated rings. The van der Waals surface area contributed by atoms with Crippen LogP contribution in [0.1, 0.15) is 52.2 Å². The number of nitrogens with zero attached hydrogens (tertiary/aromatic N) is 2. The third-order valence-corrected chi connectivity index (χ3v) is 7.69. The minimum Gasteiger partial charge on any atom is -0.449 e. The van der Waals surface area contributed by atoms with Crippen LogP contribution in [-0.4, -0.2) is 53.3 Å². The highest BCUT2D eigenvalue weighted by Crippen LogP contribution is 2.37. The predicted octanol–water partition coefficient (Wildman–Crippen LogP) is 6.32. The maximum Gasteiger partial charge on any atom is 0.409 e. The Morgan fingerprint density at radius 2 is 1.90 bits per heavy atom. The Kier molecular flexibility index (Phi) is 6.76. The molecule has 0 radical (unpaired) electrons. The van der Waals surface area contributed by atoms with Crippen molar-refractivity contribution in [3.8, 4) is 11.1 Å². The summed E-state index contributed by atoms with van der Waals surface area (Å²) in [4.78, 5) is 31.3. The smallest absolute Gasteiger partial charge is 0.409 e. The van der Waals surface area contributed by atoms with Crippen LogP contribution in [0.5, 0.6) is 0 Å². The molecular weight excluding hydrogens is 504 g/mol. The maximum atomic E-state index is 13.4. The average molecular weight is 537 g/mol. The van der Waals surface area contributed by atoms with Gasteiger partial charge in [-0.25, -0.2) is 4.79 Å². The number of hydrogen-bond donors (Lipinski definition) is 2. The van der Waals surface area contributed by atoms with E-state index in [1.165, 1.54) is 0 Å². The third kappa shape index (κ3) is 4.59. The van der Waals surface area contributed by atoms with E-state index in [1.54, 1.807) is 4.90 Å². The van der Waals surface area contributed by atoms with Crippen LogP contribution in [0.4, 0.5) is 4.79 Å². The molecule has 1 aliphatic rings. The van der Waals surface area contributed by atoms with E-state index in [1.807, 2.05) is 45.0 Å². The molecule has 3 heterocycles. The van der Waals surface area contributed by atoms with Crippen molar-refractivity contribution < 1.29 is 18.8 Å². The highest BCUT2D eigenvalue weighted by Gasteiger charge is 2.26. The quantitative estimate of drug-likeness (QED) is 0.254. The first kappa shape index (κ1) is 25.7. The highest BCUT2D eigenvalue weighted by molar-refractivity contribution is 6.19. The number of rotatable bonds is 7. The molecule has 2 aromatic heterocycles. The normalized spacial score (nSPS) is 14.5. The lowest BCUT2D eigenvalue weighted by Crippen LogP contribution is -2.40. The van der Waals surface area contributed by atoms with Gasteiger partial charge in [-0.3, -0.25) is 4.79 Å². The van der Waals surface area contributed by atoms with E-state index >= 15 is 0 Å². The van der Waals surface area contributed by atoms with Crippen molar-refractivity contribution in [3.05, 3.63) is 88.8 Å². The first-order chi connectivity index (χ1) is 19.4. The number of aromatic amines is 1. The summed E-state index contributed by atoms with van der Waals surface area (Å²) in [5.74, 6) is 0.512. The van der Waals surface area contributed by atoms with E-state index in [-0.39, 0.29) is 17.9 Å². The number of carbonyl (C=O) groups is 2. The second-order valence-electron chi connectivity index (χ2n) is 10.3. The molecule has 6 rings (SSSR count). The fourth-order valence-corrected chi connectivity index (χ4v) is 5.82. The summed E-state index contributed by atoms with van der Waals surface area (Å²) in [5.41, 5.74) is 7.12. The van der Waals surface area contributed by atoms with Crippen molar-refractivity contribution >= 4 is 33.8 Å². The van der Waals surface area contributed by atoms with Gasteiger partial charge in [0.1, 0.15) is 5.76 Å². The zero-order chi connectivity index (χ0) is 27.8. The summed E-state index contributed by atoms with van der Waals surface area (Å²) in [6, 6.07) is 20.5. The van der Waals surface area contributed by atoms with Crippen molar-refractivity contribution in [2.75, 3.05) is 26.2 Å². The first-order valence-corrected chi connectivity index (χ1v) is 13.7. The van der Waals surface area contributed by atoms with Gasteiger partial charge in [0.05, 0.1) is 12.3 Å². The van der Waals surface area contributed by atoms with Crippen molar-refractivity contribution in [3.63, 3.8) is 0 Å². The molecule has 8 nitrogen and oxygen atoms in total. The molecule has 3 aromatic carbocycles. The summed E-state index contributed by atoms with van der Waals surface area (Å²) in [5, 5.41) is 8.92. The molecule has 1 unspecified atom stereocenters. The van der Waals surface area contributed by atoms with Crippen molar-refractivity contribution in [2.45, 2.75) is 33.1 Å². The fourth-order valence-electron chi connectivity index (χ4n) is 5.82. The summed E-state index contributed by atoms with van der Waals surface area (Å²) in [7, 11) is 0. The Morgan fingerprint density at radius 3 is 2.62 bits per heavy atom. The zero-order valence-corrected chi connectivity index (χ0v) is 22.9. The number of benzene rings is 3.